The second kappa shape index (κ2) is 6.23. The summed E-state index contributed by atoms with van der Waals surface area (Å²) in [7, 11) is 0. The number of aromatic nitrogens is 1. The van der Waals surface area contributed by atoms with E-state index in [2.05, 4.69) is 4.98 Å². The molecule has 90 valence electrons. The zero-order valence-electron chi connectivity index (χ0n) is 9.92. The lowest BCUT2D eigenvalue weighted by Crippen LogP contribution is -2.14. The van der Waals surface area contributed by atoms with Crippen molar-refractivity contribution in [3.8, 4) is 0 Å². The first-order valence-corrected chi connectivity index (χ1v) is 6.41. The van der Waals surface area contributed by atoms with Crippen LogP contribution in [-0.4, -0.2) is 26.6 Å². The molecule has 0 bridgehead atoms. The lowest BCUT2D eigenvalue weighted by atomic mass is 10.2. The summed E-state index contributed by atoms with van der Waals surface area (Å²) in [5.74, 6) is 0. The maximum Gasteiger partial charge on any atom is 0.0957 e. The summed E-state index contributed by atoms with van der Waals surface area (Å²) in [6.45, 7) is 5.68. The Morgan fingerprint density at radius 3 is 2.44 bits per heavy atom. The molecule has 3 nitrogen and oxygen atoms in total. The van der Waals surface area contributed by atoms with E-state index in [1.807, 2.05) is 26.0 Å². The number of hydrogen-bond donors (Lipinski definition) is 2. The van der Waals surface area contributed by atoms with E-state index in [4.69, 9.17) is 0 Å². The Hall–Kier alpha value is -0.580. The van der Waals surface area contributed by atoms with Crippen molar-refractivity contribution in [2.75, 3.05) is 0 Å². The first-order chi connectivity index (χ1) is 7.54. The Morgan fingerprint density at radius 1 is 1.31 bits per heavy atom. The van der Waals surface area contributed by atoms with Crippen LogP contribution in [0.2, 0.25) is 0 Å². The molecular weight excluding hydrogens is 222 g/mol. The largest absolute Gasteiger partial charge is 0.392 e. The van der Waals surface area contributed by atoms with Crippen LogP contribution in [0.4, 0.5) is 0 Å². The molecule has 1 aromatic heterocycles. The van der Waals surface area contributed by atoms with Gasteiger partial charge in [-0.05, 0) is 25.5 Å². The molecule has 0 radical (unpaired) electrons. The van der Waals surface area contributed by atoms with E-state index in [1.54, 1.807) is 24.9 Å². The minimum absolute atomic E-state index is 0.142. The molecule has 3 unspecified atom stereocenters. The molecule has 4 heteroatoms. The highest BCUT2D eigenvalue weighted by Crippen LogP contribution is 2.25. The molecule has 0 aliphatic rings. The van der Waals surface area contributed by atoms with Crippen molar-refractivity contribution in [1.29, 1.82) is 0 Å². The van der Waals surface area contributed by atoms with Crippen LogP contribution in [0.1, 0.15) is 39.0 Å². The SMILES string of the molecule is CCC(O)c1ccc(SC(C)C(C)O)cn1. The van der Waals surface area contributed by atoms with Crippen molar-refractivity contribution in [1.82, 2.24) is 4.98 Å². The molecule has 0 aliphatic carbocycles. The van der Waals surface area contributed by atoms with Gasteiger partial charge in [-0.1, -0.05) is 13.8 Å². The molecule has 3 atom stereocenters. The third-order valence-electron chi connectivity index (χ3n) is 2.49. The highest BCUT2D eigenvalue weighted by atomic mass is 32.2. The van der Waals surface area contributed by atoms with Crippen molar-refractivity contribution in [2.24, 2.45) is 0 Å². The highest BCUT2D eigenvalue weighted by Gasteiger charge is 2.11. The fourth-order valence-electron chi connectivity index (χ4n) is 1.18. The number of pyridine rings is 1. The molecular formula is C12H19NO2S. The molecule has 0 amide bonds. The van der Waals surface area contributed by atoms with Crippen molar-refractivity contribution >= 4 is 11.8 Å². The predicted molar refractivity (Wildman–Crippen MR) is 66.5 cm³/mol. The molecule has 0 spiro atoms. The van der Waals surface area contributed by atoms with Gasteiger partial charge in [0.05, 0.1) is 17.9 Å². The summed E-state index contributed by atoms with van der Waals surface area (Å²) in [6, 6.07) is 3.77. The smallest absolute Gasteiger partial charge is 0.0957 e. The van der Waals surface area contributed by atoms with Crippen molar-refractivity contribution < 1.29 is 10.2 Å². The summed E-state index contributed by atoms with van der Waals surface area (Å²) in [5, 5.41) is 19.1. The monoisotopic (exact) mass is 241 g/mol. The predicted octanol–water partition coefficient (Wildman–Crippen LogP) is 2.39. The van der Waals surface area contributed by atoms with Gasteiger partial charge in [-0.15, -0.1) is 11.8 Å². The van der Waals surface area contributed by atoms with Gasteiger partial charge in [-0.2, -0.15) is 0 Å². The standard InChI is InChI=1S/C12H19NO2S/c1-4-12(15)11-6-5-10(7-13-11)16-9(3)8(2)14/h5-9,12,14-15H,4H2,1-3H3. The topological polar surface area (TPSA) is 53.4 Å². The molecule has 0 saturated heterocycles. The fraction of sp³-hybridized carbons (Fsp3) is 0.583. The molecule has 0 aromatic carbocycles. The summed E-state index contributed by atoms with van der Waals surface area (Å²) in [5.41, 5.74) is 0.705. The van der Waals surface area contributed by atoms with Crippen LogP contribution in [0.15, 0.2) is 23.2 Å². The average Bonchev–Trinajstić information content (AvgIpc) is 2.28. The van der Waals surface area contributed by atoms with Gasteiger partial charge in [-0.3, -0.25) is 4.98 Å². The Kier molecular flexibility index (Phi) is 5.25. The second-order valence-electron chi connectivity index (χ2n) is 3.91. The Labute approximate surface area is 101 Å². The minimum Gasteiger partial charge on any atom is -0.392 e. The highest BCUT2D eigenvalue weighted by molar-refractivity contribution is 8.00. The van der Waals surface area contributed by atoms with Crippen LogP contribution in [0.5, 0.6) is 0 Å². The number of aliphatic hydroxyl groups excluding tert-OH is 2. The first-order valence-electron chi connectivity index (χ1n) is 5.53. The third kappa shape index (κ3) is 3.77. The first kappa shape index (κ1) is 13.5. The Balaban J connectivity index is 2.64. The molecule has 2 N–H and O–H groups in total. The number of rotatable bonds is 5. The Bertz CT molecular complexity index is 313. The molecule has 16 heavy (non-hydrogen) atoms. The molecule has 0 aliphatic heterocycles. The van der Waals surface area contributed by atoms with Gasteiger partial charge in [0.15, 0.2) is 0 Å². The second-order valence-corrected chi connectivity index (χ2v) is 5.36. The summed E-state index contributed by atoms with van der Waals surface area (Å²) in [4.78, 5) is 5.22. The van der Waals surface area contributed by atoms with Gasteiger partial charge >= 0.3 is 0 Å². The molecule has 1 rings (SSSR count). The average molecular weight is 241 g/mol. The zero-order valence-corrected chi connectivity index (χ0v) is 10.7. The summed E-state index contributed by atoms with van der Waals surface area (Å²) in [6.07, 6.45) is 1.60. The lowest BCUT2D eigenvalue weighted by molar-refractivity contribution is 0.169. The fourth-order valence-corrected chi connectivity index (χ4v) is 2.07. The lowest BCUT2D eigenvalue weighted by Gasteiger charge is -2.14. The van der Waals surface area contributed by atoms with Gasteiger partial charge < -0.3 is 10.2 Å². The maximum atomic E-state index is 9.58. The van der Waals surface area contributed by atoms with Crippen LogP contribution in [0.25, 0.3) is 0 Å². The number of hydrogen-bond acceptors (Lipinski definition) is 4. The minimum atomic E-state index is -0.478. The number of thioether (sulfide) groups is 1. The van der Waals surface area contributed by atoms with E-state index in [0.29, 0.717) is 12.1 Å². The van der Waals surface area contributed by atoms with E-state index in [0.717, 1.165) is 4.90 Å². The molecule has 1 aromatic rings. The van der Waals surface area contributed by atoms with Crippen LogP contribution < -0.4 is 0 Å². The summed E-state index contributed by atoms with van der Waals surface area (Å²) < 4.78 is 0. The van der Waals surface area contributed by atoms with Gasteiger partial charge in [0, 0.05) is 16.3 Å². The Morgan fingerprint density at radius 2 is 2.00 bits per heavy atom. The third-order valence-corrected chi connectivity index (χ3v) is 3.77. The molecule has 0 fully saturated rings. The van der Waals surface area contributed by atoms with E-state index in [9.17, 15) is 10.2 Å². The van der Waals surface area contributed by atoms with Crippen molar-refractivity contribution in [3.63, 3.8) is 0 Å². The zero-order chi connectivity index (χ0) is 12.1. The van der Waals surface area contributed by atoms with Crippen molar-refractivity contribution in [2.45, 2.75) is 49.5 Å². The van der Waals surface area contributed by atoms with Gasteiger partial charge in [0.25, 0.3) is 0 Å². The van der Waals surface area contributed by atoms with E-state index >= 15 is 0 Å². The van der Waals surface area contributed by atoms with Crippen molar-refractivity contribution in [3.05, 3.63) is 24.0 Å². The normalized spacial score (nSPS) is 16.8. The van der Waals surface area contributed by atoms with Gasteiger partial charge in [-0.25, -0.2) is 0 Å². The maximum absolute atomic E-state index is 9.58. The quantitative estimate of drug-likeness (QED) is 0.777. The number of aliphatic hydroxyl groups is 2. The summed E-state index contributed by atoms with van der Waals surface area (Å²) >= 11 is 1.59. The van der Waals surface area contributed by atoms with Crippen LogP contribution in [-0.2, 0) is 0 Å². The number of nitrogens with zero attached hydrogens (tertiary/aromatic N) is 1. The van der Waals surface area contributed by atoms with E-state index in [-0.39, 0.29) is 11.4 Å². The van der Waals surface area contributed by atoms with Crippen LogP contribution in [0, 0.1) is 0 Å². The van der Waals surface area contributed by atoms with Crippen LogP contribution >= 0.6 is 11.8 Å². The molecule has 0 saturated carbocycles. The van der Waals surface area contributed by atoms with E-state index in [1.165, 1.54) is 0 Å². The van der Waals surface area contributed by atoms with Gasteiger partial charge in [0.1, 0.15) is 0 Å². The van der Waals surface area contributed by atoms with Crippen LogP contribution in [0.3, 0.4) is 0 Å². The van der Waals surface area contributed by atoms with E-state index < -0.39 is 6.10 Å². The molecule has 1 heterocycles. The van der Waals surface area contributed by atoms with Gasteiger partial charge in [0.2, 0.25) is 0 Å².